The zero-order chi connectivity index (χ0) is 21.0. The summed E-state index contributed by atoms with van der Waals surface area (Å²) in [7, 11) is 0. The summed E-state index contributed by atoms with van der Waals surface area (Å²) in [4.78, 5) is 28.6. The molecule has 0 unspecified atom stereocenters. The number of H-pyrrole nitrogens is 1. The third-order valence-corrected chi connectivity index (χ3v) is 4.89. The first-order chi connectivity index (χ1) is 13.7. The standard InChI is InChI=1S/C21H31N5O3/c1-15-6-7-17-16(14-15)18(24-23-17)19(27)22-8-5-9-25-10-12-26(13-11-25)20(28)29-21(2,3)4/h6-7,14H,5,8-13H2,1-4H3,(H,22,27)(H,23,24). The fourth-order valence-electron chi connectivity index (χ4n) is 3.37. The molecule has 2 N–H and O–H groups in total. The van der Waals surface area contributed by atoms with E-state index in [1.165, 1.54) is 0 Å². The van der Waals surface area contributed by atoms with Crippen LogP contribution in [0.25, 0.3) is 10.9 Å². The fourth-order valence-corrected chi connectivity index (χ4v) is 3.37. The van der Waals surface area contributed by atoms with Crippen molar-refractivity contribution >= 4 is 22.9 Å². The molecule has 0 saturated carbocycles. The summed E-state index contributed by atoms with van der Waals surface area (Å²) in [5, 5.41) is 10.9. The molecule has 0 atom stereocenters. The molecule has 0 bridgehead atoms. The lowest BCUT2D eigenvalue weighted by Gasteiger charge is -2.35. The summed E-state index contributed by atoms with van der Waals surface area (Å²) in [5.74, 6) is -0.156. The van der Waals surface area contributed by atoms with Gasteiger partial charge in [-0.2, -0.15) is 5.10 Å². The lowest BCUT2D eigenvalue weighted by molar-refractivity contribution is 0.0144. The van der Waals surface area contributed by atoms with Gasteiger partial charge in [0.1, 0.15) is 5.60 Å². The van der Waals surface area contributed by atoms with Crippen LogP contribution >= 0.6 is 0 Å². The Morgan fingerprint density at radius 3 is 2.62 bits per heavy atom. The summed E-state index contributed by atoms with van der Waals surface area (Å²) < 4.78 is 5.42. The van der Waals surface area contributed by atoms with E-state index in [-0.39, 0.29) is 12.0 Å². The Kier molecular flexibility index (Phi) is 6.42. The Morgan fingerprint density at radius 1 is 1.21 bits per heavy atom. The van der Waals surface area contributed by atoms with Crippen LogP contribution in [-0.4, -0.2) is 76.9 Å². The van der Waals surface area contributed by atoms with E-state index in [0.29, 0.717) is 25.3 Å². The monoisotopic (exact) mass is 401 g/mol. The van der Waals surface area contributed by atoms with Gasteiger partial charge in [0.25, 0.3) is 5.91 Å². The molecule has 1 aliphatic rings. The van der Waals surface area contributed by atoms with Gasteiger partial charge in [-0.3, -0.25) is 14.8 Å². The molecule has 2 heterocycles. The van der Waals surface area contributed by atoms with Crippen LogP contribution in [0.3, 0.4) is 0 Å². The lowest BCUT2D eigenvalue weighted by atomic mass is 10.1. The number of hydrogen-bond donors (Lipinski definition) is 2. The molecule has 1 aromatic carbocycles. The smallest absolute Gasteiger partial charge is 0.410 e. The second-order valence-corrected chi connectivity index (χ2v) is 8.54. The predicted octanol–water partition coefficient (Wildman–Crippen LogP) is 2.54. The van der Waals surface area contributed by atoms with Gasteiger partial charge in [-0.25, -0.2) is 4.79 Å². The van der Waals surface area contributed by atoms with Gasteiger partial charge < -0.3 is 15.0 Å². The number of aryl methyl sites for hydroxylation is 1. The van der Waals surface area contributed by atoms with Crippen molar-refractivity contribution in [1.82, 2.24) is 25.3 Å². The molecule has 158 valence electrons. The molecule has 8 nitrogen and oxygen atoms in total. The van der Waals surface area contributed by atoms with Gasteiger partial charge in [-0.1, -0.05) is 11.6 Å². The number of carbonyl (C=O) groups excluding carboxylic acids is 2. The van der Waals surface area contributed by atoms with Gasteiger partial charge in [0, 0.05) is 38.1 Å². The van der Waals surface area contributed by atoms with E-state index in [1.54, 1.807) is 4.90 Å². The average molecular weight is 402 g/mol. The SMILES string of the molecule is Cc1ccc2[nH]nc(C(=O)NCCCN3CCN(C(=O)OC(C)(C)C)CC3)c2c1. The summed E-state index contributed by atoms with van der Waals surface area (Å²) >= 11 is 0. The van der Waals surface area contributed by atoms with Crippen LogP contribution in [-0.2, 0) is 4.74 Å². The second-order valence-electron chi connectivity index (χ2n) is 8.54. The minimum absolute atomic E-state index is 0.156. The van der Waals surface area contributed by atoms with E-state index in [1.807, 2.05) is 45.9 Å². The topological polar surface area (TPSA) is 90.6 Å². The molecule has 0 spiro atoms. The number of nitrogens with one attached hydrogen (secondary N) is 2. The van der Waals surface area contributed by atoms with E-state index < -0.39 is 5.60 Å². The highest BCUT2D eigenvalue weighted by molar-refractivity contribution is 6.04. The maximum atomic E-state index is 12.4. The number of carbonyl (C=O) groups is 2. The molecular formula is C21H31N5O3. The zero-order valence-electron chi connectivity index (χ0n) is 17.7. The Balaban J connectivity index is 1.38. The number of hydrogen-bond acceptors (Lipinski definition) is 5. The maximum absolute atomic E-state index is 12.4. The third-order valence-electron chi connectivity index (χ3n) is 4.89. The third kappa shape index (κ3) is 5.69. The number of ether oxygens (including phenoxy) is 1. The highest BCUT2D eigenvalue weighted by Crippen LogP contribution is 2.17. The molecular weight excluding hydrogens is 370 g/mol. The van der Waals surface area contributed by atoms with Crippen molar-refractivity contribution in [1.29, 1.82) is 0 Å². The van der Waals surface area contributed by atoms with Gasteiger partial charge in [-0.15, -0.1) is 0 Å². The van der Waals surface area contributed by atoms with Crippen molar-refractivity contribution < 1.29 is 14.3 Å². The molecule has 1 aliphatic heterocycles. The Labute approximate surface area is 171 Å². The van der Waals surface area contributed by atoms with E-state index in [4.69, 9.17) is 4.74 Å². The highest BCUT2D eigenvalue weighted by Gasteiger charge is 2.25. The number of amides is 2. The lowest BCUT2D eigenvalue weighted by Crippen LogP contribution is -2.50. The minimum atomic E-state index is -0.467. The number of aromatic amines is 1. The Bertz CT molecular complexity index is 863. The Morgan fingerprint density at radius 2 is 1.93 bits per heavy atom. The Hall–Kier alpha value is -2.61. The van der Waals surface area contributed by atoms with Gasteiger partial charge >= 0.3 is 6.09 Å². The largest absolute Gasteiger partial charge is 0.444 e. The molecule has 1 saturated heterocycles. The van der Waals surface area contributed by atoms with Crippen molar-refractivity contribution in [2.45, 2.75) is 39.7 Å². The normalized spacial score (nSPS) is 15.5. The van der Waals surface area contributed by atoms with E-state index >= 15 is 0 Å². The van der Waals surface area contributed by atoms with Crippen LogP contribution in [0.15, 0.2) is 18.2 Å². The fraction of sp³-hybridized carbons (Fsp3) is 0.571. The molecule has 0 radical (unpaired) electrons. The maximum Gasteiger partial charge on any atom is 0.410 e. The molecule has 2 aromatic rings. The highest BCUT2D eigenvalue weighted by atomic mass is 16.6. The van der Waals surface area contributed by atoms with Gasteiger partial charge in [-0.05, 0) is 52.8 Å². The number of nitrogens with zero attached hydrogens (tertiary/aromatic N) is 3. The van der Waals surface area contributed by atoms with E-state index in [0.717, 1.165) is 42.5 Å². The molecule has 2 amide bonds. The van der Waals surface area contributed by atoms with Crippen molar-refractivity contribution in [3.05, 3.63) is 29.5 Å². The van der Waals surface area contributed by atoms with Gasteiger partial charge in [0.05, 0.1) is 5.52 Å². The van der Waals surface area contributed by atoms with Crippen molar-refractivity contribution in [2.75, 3.05) is 39.3 Å². The van der Waals surface area contributed by atoms with Crippen molar-refractivity contribution in [3.63, 3.8) is 0 Å². The number of fused-ring (bicyclic) bond motifs is 1. The molecule has 3 rings (SSSR count). The molecule has 0 aliphatic carbocycles. The van der Waals surface area contributed by atoms with Crippen LogP contribution < -0.4 is 5.32 Å². The molecule has 8 heteroatoms. The van der Waals surface area contributed by atoms with Crippen LogP contribution in [0.2, 0.25) is 0 Å². The first-order valence-corrected chi connectivity index (χ1v) is 10.2. The van der Waals surface area contributed by atoms with Crippen LogP contribution in [0.1, 0.15) is 43.2 Å². The first kappa shape index (κ1) is 21.1. The van der Waals surface area contributed by atoms with Gasteiger partial charge in [0.2, 0.25) is 0 Å². The number of piperazine rings is 1. The van der Waals surface area contributed by atoms with Gasteiger partial charge in [0.15, 0.2) is 5.69 Å². The summed E-state index contributed by atoms with van der Waals surface area (Å²) in [6.45, 7) is 12.1. The van der Waals surface area contributed by atoms with Crippen LogP contribution in [0.4, 0.5) is 4.79 Å². The van der Waals surface area contributed by atoms with Crippen molar-refractivity contribution in [3.8, 4) is 0 Å². The number of rotatable bonds is 5. The summed E-state index contributed by atoms with van der Waals surface area (Å²) in [6.07, 6.45) is 0.602. The zero-order valence-corrected chi connectivity index (χ0v) is 17.7. The van der Waals surface area contributed by atoms with E-state index in [9.17, 15) is 9.59 Å². The quantitative estimate of drug-likeness (QED) is 0.752. The predicted molar refractivity (Wildman–Crippen MR) is 112 cm³/mol. The number of benzene rings is 1. The summed E-state index contributed by atoms with van der Waals surface area (Å²) in [5.41, 5.74) is 1.93. The van der Waals surface area contributed by atoms with Crippen molar-refractivity contribution in [2.24, 2.45) is 0 Å². The summed E-state index contributed by atoms with van der Waals surface area (Å²) in [6, 6.07) is 5.90. The first-order valence-electron chi connectivity index (χ1n) is 10.2. The van der Waals surface area contributed by atoms with Crippen LogP contribution in [0, 0.1) is 6.92 Å². The number of aromatic nitrogens is 2. The van der Waals surface area contributed by atoms with Crippen LogP contribution in [0.5, 0.6) is 0 Å². The minimum Gasteiger partial charge on any atom is -0.444 e. The molecule has 1 aromatic heterocycles. The second kappa shape index (κ2) is 8.82. The molecule has 29 heavy (non-hydrogen) atoms. The molecule has 1 fully saturated rings. The van der Waals surface area contributed by atoms with E-state index in [2.05, 4.69) is 20.4 Å². The average Bonchev–Trinajstić information content (AvgIpc) is 3.07.